The van der Waals surface area contributed by atoms with E-state index in [0.717, 1.165) is 19.6 Å². The van der Waals surface area contributed by atoms with Crippen molar-refractivity contribution in [2.45, 2.75) is 40.2 Å². The lowest BCUT2D eigenvalue weighted by atomic mass is 9.95. The van der Waals surface area contributed by atoms with Crippen LogP contribution in [0.15, 0.2) is 12.4 Å². The molecular formula is C12H23N3. The lowest BCUT2D eigenvalue weighted by Crippen LogP contribution is -2.25. The highest BCUT2D eigenvalue weighted by Gasteiger charge is 2.17. The fourth-order valence-electron chi connectivity index (χ4n) is 1.79. The summed E-state index contributed by atoms with van der Waals surface area (Å²) in [5.41, 5.74) is 0. The second kappa shape index (κ2) is 5.91. The Hall–Kier alpha value is -0.830. The van der Waals surface area contributed by atoms with Crippen LogP contribution in [0.4, 0.5) is 0 Å². The maximum atomic E-state index is 4.45. The molecule has 0 bridgehead atoms. The molecule has 3 heteroatoms. The van der Waals surface area contributed by atoms with Gasteiger partial charge < -0.3 is 9.88 Å². The normalized spacial score (nSPS) is 15.2. The zero-order valence-electron chi connectivity index (χ0n) is 10.3. The van der Waals surface area contributed by atoms with Gasteiger partial charge in [0.1, 0.15) is 5.82 Å². The molecule has 1 rings (SSSR count). The van der Waals surface area contributed by atoms with Gasteiger partial charge in [0, 0.05) is 24.9 Å². The van der Waals surface area contributed by atoms with Gasteiger partial charge in [-0.15, -0.1) is 0 Å². The van der Waals surface area contributed by atoms with Gasteiger partial charge in [0.25, 0.3) is 0 Å². The van der Waals surface area contributed by atoms with E-state index in [-0.39, 0.29) is 0 Å². The van der Waals surface area contributed by atoms with Crippen LogP contribution in [0.25, 0.3) is 0 Å². The summed E-state index contributed by atoms with van der Waals surface area (Å²) in [7, 11) is 0. The number of nitrogens with one attached hydrogen (secondary N) is 1. The van der Waals surface area contributed by atoms with E-state index in [9.17, 15) is 0 Å². The van der Waals surface area contributed by atoms with Crippen LogP contribution >= 0.6 is 0 Å². The second-order valence-electron chi connectivity index (χ2n) is 4.15. The topological polar surface area (TPSA) is 29.9 Å². The average Bonchev–Trinajstić information content (AvgIpc) is 2.72. The monoisotopic (exact) mass is 209 g/mol. The Labute approximate surface area is 92.9 Å². The van der Waals surface area contributed by atoms with E-state index in [4.69, 9.17) is 0 Å². The van der Waals surface area contributed by atoms with Crippen LogP contribution in [0.3, 0.4) is 0 Å². The molecule has 1 N–H and O–H groups in total. The molecule has 0 aliphatic rings. The molecule has 15 heavy (non-hydrogen) atoms. The van der Waals surface area contributed by atoms with Gasteiger partial charge in [0.05, 0.1) is 0 Å². The molecule has 0 amide bonds. The molecule has 1 aromatic heterocycles. The van der Waals surface area contributed by atoms with Gasteiger partial charge >= 0.3 is 0 Å². The molecule has 0 spiro atoms. The van der Waals surface area contributed by atoms with Gasteiger partial charge in [-0.1, -0.05) is 20.8 Å². The molecule has 3 nitrogen and oxygen atoms in total. The Balaban J connectivity index is 2.62. The number of hydrogen-bond acceptors (Lipinski definition) is 2. The maximum absolute atomic E-state index is 4.45. The van der Waals surface area contributed by atoms with Crippen molar-refractivity contribution in [1.82, 2.24) is 14.9 Å². The second-order valence-corrected chi connectivity index (χ2v) is 4.15. The number of imidazole rings is 1. The fraction of sp³-hybridized carbons (Fsp3) is 0.750. The number of nitrogens with zero attached hydrogens (tertiary/aromatic N) is 2. The summed E-state index contributed by atoms with van der Waals surface area (Å²) >= 11 is 0. The first-order valence-corrected chi connectivity index (χ1v) is 5.92. The minimum Gasteiger partial charge on any atom is -0.335 e. The van der Waals surface area contributed by atoms with E-state index in [1.807, 2.05) is 6.20 Å². The van der Waals surface area contributed by atoms with Gasteiger partial charge in [0.2, 0.25) is 0 Å². The molecule has 0 saturated heterocycles. The Kier molecular flexibility index (Phi) is 4.82. The molecule has 0 fully saturated rings. The van der Waals surface area contributed by atoms with E-state index in [2.05, 4.69) is 48.8 Å². The average molecular weight is 209 g/mol. The van der Waals surface area contributed by atoms with Crippen LogP contribution in [0, 0.1) is 5.92 Å². The quantitative estimate of drug-likeness (QED) is 0.779. The number of aryl methyl sites for hydroxylation is 1. The predicted octanol–water partition coefficient (Wildman–Crippen LogP) is 2.25. The molecular weight excluding hydrogens is 186 g/mol. The summed E-state index contributed by atoms with van der Waals surface area (Å²) in [6.07, 6.45) is 3.96. The zero-order valence-corrected chi connectivity index (χ0v) is 10.3. The third-order valence-corrected chi connectivity index (χ3v) is 3.07. The smallest absolute Gasteiger partial charge is 0.111 e. The lowest BCUT2D eigenvalue weighted by molar-refractivity contribution is 0.427. The van der Waals surface area contributed by atoms with Crippen molar-refractivity contribution in [3.05, 3.63) is 18.2 Å². The highest BCUT2D eigenvalue weighted by Crippen LogP contribution is 2.21. The summed E-state index contributed by atoms with van der Waals surface area (Å²) in [4.78, 5) is 4.45. The first kappa shape index (κ1) is 12.2. The van der Waals surface area contributed by atoms with E-state index < -0.39 is 0 Å². The van der Waals surface area contributed by atoms with E-state index >= 15 is 0 Å². The van der Waals surface area contributed by atoms with Crippen molar-refractivity contribution in [2.75, 3.05) is 13.1 Å². The van der Waals surface area contributed by atoms with Gasteiger partial charge in [-0.25, -0.2) is 4.98 Å². The standard InChI is InChI=1S/C12H23N3/c1-5-13-9-10(3)11(4)12-14-7-8-15(12)6-2/h7-8,10-11,13H,5-6,9H2,1-4H3. The summed E-state index contributed by atoms with van der Waals surface area (Å²) in [5.74, 6) is 2.35. The highest BCUT2D eigenvalue weighted by atomic mass is 15.1. The number of hydrogen-bond donors (Lipinski definition) is 1. The van der Waals surface area contributed by atoms with Crippen molar-refractivity contribution in [2.24, 2.45) is 5.92 Å². The molecule has 1 heterocycles. The Morgan fingerprint density at radius 3 is 2.73 bits per heavy atom. The Morgan fingerprint density at radius 2 is 2.13 bits per heavy atom. The molecule has 0 aromatic carbocycles. The van der Waals surface area contributed by atoms with Crippen molar-refractivity contribution < 1.29 is 0 Å². The van der Waals surface area contributed by atoms with E-state index in [0.29, 0.717) is 11.8 Å². The van der Waals surface area contributed by atoms with Crippen LogP contribution in [0.5, 0.6) is 0 Å². The summed E-state index contributed by atoms with van der Waals surface area (Å²) in [5, 5.41) is 3.39. The minimum atomic E-state index is 0.513. The van der Waals surface area contributed by atoms with Gasteiger partial charge in [-0.3, -0.25) is 0 Å². The first-order valence-electron chi connectivity index (χ1n) is 5.92. The van der Waals surface area contributed by atoms with Crippen LogP contribution in [-0.4, -0.2) is 22.6 Å². The van der Waals surface area contributed by atoms with E-state index in [1.165, 1.54) is 5.82 Å². The van der Waals surface area contributed by atoms with Gasteiger partial charge in [0.15, 0.2) is 0 Å². The maximum Gasteiger partial charge on any atom is 0.111 e. The predicted molar refractivity (Wildman–Crippen MR) is 64.0 cm³/mol. The van der Waals surface area contributed by atoms with Crippen molar-refractivity contribution in [3.63, 3.8) is 0 Å². The largest absolute Gasteiger partial charge is 0.335 e. The lowest BCUT2D eigenvalue weighted by Gasteiger charge is -2.20. The molecule has 0 radical (unpaired) electrons. The van der Waals surface area contributed by atoms with Crippen LogP contribution < -0.4 is 5.32 Å². The molecule has 0 saturated carbocycles. The summed E-state index contributed by atoms with van der Waals surface area (Å²) < 4.78 is 2.23. The van der Waals surface area contributed by atoms with Crippen molar-refractivity contribution in [3.8, 4) is 0 Å². The van der Waals surface area contributed by atoms with E-state index in [1.54, 1.807) is 0 Å². The van der Waals surface area contributed by atoms with Crippen LogP contribution in [-0.2, 0) is 6.54 Å². The molecule has 1 aromatic rings. The Bertz CT molecular complexity index is 280. The first-order chi connectivity index (χ1) is 7.20. The molecule has 86 valence electrons. The van der Waals surface area contributed by atoms with Gasteiger partial charge in [-0.05, 0) is 25.9 Å². The fourth-order valence-corrected chi connectivity index (χ4v) is 1.79. The number of rotatable bonds is 6. The molecule has 0 aliphatic heterocycles. The van der Waals surface area contributed by atoms with Gasteiger partial charge in [-0.2, -0.15) is 0 Å². The molecule has 2 unspecified atom stereocenters. The third kappa shape index (κ3) is 3.06. The summed E-state index contributed by atoms with van der Waals surface area (Å²) in [6, 6.07) is 0. The van der Waals surface area contributed by atoms with Crippen LogP contribution in [0.2, 0.25) is 0 Å². The number of aromatic nitrogens is 2. The summed E-state index contributed by atoms with van der Waals surface area (Å²) in [6.45, 7) is 12.0. The van der Waals surface area contributed by atoms with Crippen molar-refractivity contribution >= 4 is 0 Å². The zero-order chi connectivity index (χ0) is 11.3. The van der Waals surface area contributed by atoms with Crippen LogP contribution in [0.1, 0.15) is 39.4 Å². The highest BCUT2D eigenvalue weighted by molar-refractivity contribution is 5.00. The van der Waals surface area contributed by atoms with Crippen molar-refractivity contribution in [1.29, 1.82) is 0 Å². The minimum absolute atomic E-state index is 0.513. The SMILES string of the molecule is CCNCC(C)C(C)c1nccn1CC. The Morgan fingerprint density at radius 1 is 1.40 bits per heavy atom. The molecule has 2 atom stereocenters. The molecule has 0 aliphatic carbocycles. The third-order valence-electron chi connectivity index (χ3n) is 3.07.